The Morgan fingerprint density at radius 3 is 2.89 bits per heavy atom. The first-order chi connectivity index (χ1) is 8.60. The predicted molar refractivity (Wildman–Crippen MR) is 59.0 cm³/mol. The number of hydrogen-bond acceptors (Lipinski definition) is 5. The predicted octanol–water partition coefficient (Wildman–Crippen LogP) is 0.831. The SMILES string of the molecule is CCOC(=O)[C@@]12C=C[C@@H](CC1)[C@@H]1C(=O)OC(=O)[C@H]12. The van der Waals surface area contributed by atoms with Crippen LogP contribution in [-0.2, 0) is 23.9 Å². The van der Waals surface area contributed by atoms with Crippen LogP contribution in [0.1, 0.15) is 19.8 Å². The van der Waals surface area contributed by atoms with Crippen molar-refractivity contribution in [1.29, 1.82) is 0 Å². The minimum absolute atomic E-state index is 0.0188. The molecule has 4 aliphatic rings. The molecule has 1 aliphatic heterocycles. The van der Waals surface area contributed by atoms with E-state index in [9.17, 15) is 14.4 Å². The van der Waals surface area contributed by atoms with Gasteiger partial charge in [-0.25, -0.2) is 0 Å². The second kappa shape index (κ2) is 3.67. The summed E-state index contributed by atoms with van der Waals surface area (Å²) >= 11 is 0. The summed E-state index contributed by atoms with van der Waals surface area (Å²) in [4.78, 5) is 35.7. The second-order valence-corrected chi connectivity index (χ2v) is 5.07. The Balaban J connectivity index is 2.05. The minimum Gasteiger partial charge on any atom is -0.465 e. The highest BCUT2D eigenvalue weighted by Gasteiger charge is 2.65. The molecule has 1 heterocycles. The fourth-order valence-electron chi connectivity index (χ4n) is 3.47. The summed E-state index contributed by atoms with van der Waals surface area (Å²) in [6.07, 6.45) is 4.89. The maximum Gasteiger partial charge on any atom is 0.318 e. The summed E-state index contributed by atoms with van der Waals surface area (Å²) in [7, 11) is 0. The van der Waals surface area contributed by atoms with Gasteiger partial charge in [-0.2, -0.15) is 0 Å². The van der Waals surface area contributed by atoms with Gasteiger partial charge in [0.15, 0.2) is 0 Å². The summed E-state index contributed by atoms with van der Waals surface area (Å²) in [5.41, 5.74) is -0.987. The van der Waals surface area contributed by atoms with Gasteiger partial charge in [0.05, 0.1) is 18.4 Å². The Kier molecular flexibility index (Phi) is 2.33. The van der Waals surface area contributed by atoms with Crippen molar-refractivity contribution in [2.45, 2.75) is 19.8 Å². The molecule has 0 unspecified atom stereocenters. The molecule has 3 aliphatic carbocycles. The Morgan fingerprint density at radius 1 is 1.50 bits per heavy atom. The molecule has 2 bridgehead atoms. The molecule has 5 heteroatoms. The zero-order valence-corrected chi connectivity index (χ0v) is 10.0. The number of rotatable bonds is 2. The number of allylic oxidation sites excluding steroid dienone is 1. The second-order valence-electron chi connectivity index (χ2n) is 5.07. The van der Waals surface area contributed by atoms with Gasteiger partial charge in [0.25, 0.3) is 0 Å². The van der Waals surface area contributed by atoms with Crippen LogP contribution < -0.4 is 0 Å². The summed E-state index contributed by atoms with van der Waals surface area (Å²) in [6, 6.07) is 0. The van der Waals surface area contributed by atoms with Gasteiger partial charge in [-0.1, -0.05) is 12.2 Å². The van der Waals surface area contributed by atoms with Crippen LogP contribution in [0.3, 0.4) is 0 Å². The maximum absolute atomic E-state index is 12.2. The van der Waals surface area contributed by atoms with E-state index in [1.165, 1.54) is 0 Å². The third-order valence-electron chi connectivity index (χ3n) is 4.29. The number of esters is 3. The van der Waals surface area contributed by atoms with E-state index in [1.54, 1.807) is 13.0 Å². The first-order valence-electron chi connectivity index (χ1n) is 6.22. The normalized spacial score (nSPS) is 40.6. The van der Waals surface area contributed by atoms with Crippen LogP contribution >= 0.6 is 0 Å². The molecule has 4 atom stereocenters. The van der Waals surface area contributed by atoms with E-state index in [0.717, 1.165) is 6.42 Å². The molecule has 1 saturated heterocycles. The van der Waals surface area contributed by atoms with Crippen LogP contribution in [0.4, 0.5) is 0 Å². The Bertz CT molecular complexity index is 466. The van der Waals surface area contributed by atoms with E-state index in [4.69, 9.17) is 9.47 Å². The van der Waals surface area contributed by atoms with Gasteiger partial charge in [-0.05, 0) is 25.7 Å². The number of carbonyl (C=O) groups excluding carboxylic acids is 3. The topological polar surface area (TPSA) is 69.7 Å². The number of carbonyl (C=O) groups is 3. The molecule has 96 valence electrons. The largest absolute Gasteiger partial charge is 0.465 e. The average Bonchev–Trinajstić information content (AvgIpc) is 2.69. The molecule has 0 spiro atoms. The van der Waals surface area contributed by atoms with Gasteiger partial charge in [-0.15, -0.1) is 0 Å². The molecule has 0 radical (unpaired) electrons. The molecule has 1 saturated carbocycles. The quantitative estimate of drug-likeness (QED) is 0.412. The zero-order chi connectivity index (χ0) is 12.9. The van der Waals surface area contributed by atoms with Crippen molar-refractivity contribution < 1.29 is 23.9 Å². The fraction of sp³-hybridized carbons (Fsp3) is 0.615. The Hall–Kier alpha value is -1.65. The fourth-order valence-corrected chi connectivity index (χ4v) is 3.47. The molecule has 5 nitrogen and oxygen atoms in total. The summed E-state index contributed by atoms with van der Waals surface area (Å²) in [5.74, 6) is -2.65. The first kappa shape index (κ1) is 11.4. The first-order valence-corrected chi connectivity index (χ1v) is 6.22. The van der Waals surface area contributed by atoms with E-state index in [2.05, 4.69) is 0 Å². The smallest absolute Gasteiger partial charge is 0.318 e. The molecule has 2 fully saturated rings. The van der Waals surface area contributed by atoms with E-state index >= 15 is 0 Å². The van der Waals surface area contributed by atoms with E-state index < -0.39 is 35.2 Å². The monoisotopic (exact) mass is 250 g/mol. The molecule has 4 rings (SSSR count). The van der Waals surface area contributed by atoms with Gasteiger partial charge in [0.2, 0.25) is 0 Å². The average molecular weight is 250 g/mol. The van der Waals surface area contributed by atoms with Crippen molar-refractivity contribution in [2.75, 3.05) is 6.61 Å². The van der Waals surface area contributed by atoms with Gasteiger partial charge in [-0.3, -0.25) is 14.4 Å². The van der Waals surface area contributed by atoms with Crippen LogP contribution in [0.2, 0.25) is 0 Å². The molecule has 0 aromatic heterocycles. The molecular weight excluding hydrogens is 236 g/mol. The Morgan fingerprint density at radius 2 is 2.28 bits per heavy atom. The van der Waals surface area contributed by atoms with Gasteiger partial charge < -0.3 is 9.47 Å². The molecule has 0 N–H and O–H groups in total. The van der Waals surface area contributed by atoms with Gasteiger partial charge in [0.1, 0.15) is 5.41 Å². The van der Waals surface area contributed by atoms with E-state index in [1.807, 2.05) is 6.08 Å². The Labute approximate surface area is 104 Å². The van der Waals surface area contributed by atoms with Crippen molar-refractivity contribution in [2.24, 2.45) is 23.2 Å². The van der Waals surface area contributed by atoms with E-state index in [-0.39, 0.29) is 12.5 Å². The number of cyclic esters (lactones) is 2. The summed E-state index contributed by atoms with van der Waals surface area (Å²) < 4.78 is 9.80. The third kappa shape index (κ3) is 1.24. The summed E-state index contributed by atoms with van der Waals surface area (Å²) in [6.45, 7) is 1.99. The molecular formula is C13H14O5. The van der Waals surface area contributed by atoms with Gasteiger partial charge >= 0.3 is 17.9 Å². The number of fused-ring (bicyclic) bond motifs is 1. The van der Waals surface area contributed by atoms with Crippen LogP contribution in [0.15, 0.2) is 12.2 Å². The lowest BCUT2D eigenvalue weighted by Crippen LogP contribution is -2.51. The molecule has 0 aromatic carbocycles. The zero-order valence-electron chi connectivity index (χ0n) is 10.0. The lowest BCUT2D eigenvalue weighted by Gasteiger charge is -2.45. The van der Waals surface area contributed by atoms with Crippen molar-refractivity contribution in [3.8, 4) is 0 Å². The van der Waals surface area contributed by atoms with Crippen molar-refractivity contribution in [3.05, 3.63) is 12.2 Å². The number of hydrogen-bond donors (Lipinski definition) is 0. The standard InChI is InChI=1S/C13H14O5/c1-2-17-12(16)13-5-3-7(4-6-13)8-9(13)11(15)18-10(8)14/h3,5,7-9H,2,4,6H2,1H3/t7-,8-,9-,13-/m0/s1. The molecule has 18 heavy (non-hydrogen) atoms. The van der Waals surface area contributed by atoms with Crippen molar-refractivity contribution in [3.63, 3.8) is 0 Å². The highest BCUT2D eigenvalue weighted by Crippen LogP contribution is 2.56. The third-order valence-corrected chi connectivity index (χ3v) is 4.29. The highest BCUT2D eigenvalue weighted by molar-refractivity contribution is 6.01. The molecule has 0 amide bonds. The van der Waals surface area contributed by atoms with Crippen LogP contribution in [0.5, 0.6) is 0 Å². The minimum atomic E-state index is -0.987. The molecule has 0 aromatic rings. The van der Waals surface area contributed by atoms with Crippen LogP contribution in [0, 0.1) is 23.2 Å². The number of ether oxygens (including phenoxy) is 2. The maximum atomic E-state index is 12.2. The lowest BCUT2D eigenvalue weighted by atomic mass is 9.55. The summed E-state index contributed by atoms with van der Waals surface area (Å²) in [5, 5.41) is 0. The van der Waals surface area contributed by atoms with Crippen molar-refractivity contribution in [1.82, 2.24) is 0 Å². The van der Waals surface area contributed by atoms with E-state index in [0.29, 0.717) is 6.42 Å². The van der Waals surface area contributed by atoms with Crippen LogP contribution in [0.25, 0.3) is 0 Å². The lowest BCUT2D eigenvalue weighted by molar-refractivity contribution is -0.165. The van der Waals surface area contributed by atoms with Crippen molar-refractivity contribution >= 4 is 17.9 Å². The van der Waals surface area contributed by atoms with Crippen LogP contribution in [-0.4, -0.2) is 24.5 Å². The highest BCUT2D eigenvalue weighted by atomic mass is 16.6. The van der Waals surface area contributed by atoms with Gasteiger partial charge in [0, 0.05) is 0 Å².